The first-order valence-electron chi connectivity index (χ1n) is 5.34. The van der Waals surface area contributed by atoms with E-state index in [1.54, 1.807) is 0 Å². The highest BCUT2D eigenvalue weighted by molar-refractivity contribution is 7.94. The lowest BCUT2D eigenvalue weighted by molar-refractivity contribution is 0.251. The van der Waals surface area contributed by atoms with Crippen molar-refractivity contribution in [1.29, 1.82) is 0 Å². The number of benzene rings is 1. The Morgan fingerprint density at radius 2 is 1.71 bits per heavy atom. The molecule has 0 unspecified atom stereocenters. The van der Waals surface area contributed by atoms with E-state index in [1.165, 1.54) is 12.0 Å². The summed E-state index contributed by atoms with van der Waals surface area (Å²) in [6.07, 6.45) is 0.463. The van der Waals surface area contributed by atoms with Crippen molar-refractivity contribution in [2.24, 2.45) is 0 Å². The van der Waals surface area contributed by atoms with Gasteiger partial charge in [-0.25, -0.2) is 0 Å². The third-order valence-electron chi connectivity index (χ3n) is 1.67. The first kappa shape index (κ1) is 15.2. The molecule has 0 spiro atoms. The van der Waals surface area contributed by atoms with Crippen LogP contribution in [-0.2, 0) is 13.2 Å². The molecule has 0 atom stereocenters. The first-order valence-corrected chi connectivity index (χ1v) is 7.83. The fourth-order valence-electron chi connectivity index (χ4n) is 1.03. The van der Waals surface area contributed by atoms with E-state index in [1.807, 2.05) is 38.1 Å². The molecule has 0 N–H and O–H groups in total. The van der Waals surface area contributed by atoms with E-state index in [0.717, 1.165) is 9.92 Å². The highest BCUT2D eigenvalue weighted by atomic mass is 35.5. The van der Waals surface area contributed by atoms with Gasteiger partial charge in [0.05, 0.1) is 13.2 Å². The molecule has 0 aromatic heterocycles. The number of hydrogen-bond acceptors (Lipinski definition) is 4. The van der Waals surface area contributed by atoms with Gasteiger partial charge >= 0.3 is 0 Å². The lowest BCUT2D eigenvalue weighted by atomic mass is 10.4. The van der Waals surface area contributed by atoms with Gasteiger partial charge in [0.2, 0.25) is 0 Å². The van der Waals surface area contributed by atoms with Crippen LogP contribution in [-0.4, -0.2) is 19.6 Å². The zero-order valence-electron chi connectivity index (χ0n) is 9.89. The Morgan fingerprint density at radius 3 is 2.24 bits per heavy atom. The molecule has 96 valence electrons. The second-order valence-electron chi connectivity index (χ2n) is 2.95. The van der Waals surface area contributed by atoms with Gasteiger partial charge in [-0.05, 0) is 38.1 Å². The van der Waals surface area contributed by atoms with E-state index >= 15 is 0 Å². The molecule has 0 amide bonds. The fraction of sp³-hybridized carbons (Fsp3) is 0.455. The second-order valence-corrected chi connectivity index (χ2v) is 5.70. The van der Waals surface area contributed by atoms with Crippen LogP contribution in [0.15, 0.2) is 29.2 Å². The van der Waals surface area contributed by atoms with Crippen molar-refractivity contribution in [3.05, 3.63) is 29.3 Å². The van der Waals surface area contributed by atoms with Crippen molar-refractivity contribution in [2.75, 3.05) is 19.6 Å². The second kappa shape index (κ2) is 9.15. The minimum Gasteiger partial charge on any atom is -0.333 e. The Kier molecular flexibility index (Phi) is 8.19. The summed E-state index contributed by atoms with van der Waals surface area (Å²) in [7, 11) is -0.932. The topological polar surface area (TPSA) is 27.7 Å². The van der Waals surface area contributed by atoms with Crippen LogP contribution < -0.4 is 0 Å². The Balaban J connectivity index is 2.27. The molecule has 0 heterocycles. The zero-order chi connectivity index (χ0) is 12.5. The summed E-state index contributed by atoms with van der Waals surface area (Å²) in [6, 6.07) is 7.50. The van der Waals surface area contributed by atoms with Crippen LogP contribution in [0.25, 0.3) is 0 Å². The molecule has 0 aliphatic rings. The van der Waals surface area contributed by atoms with Gasteiger partial charge in [-0.15, -0.1) is 0 Å². The van der Waals surface area contributed by atoms with Gasteiger partial charge < -0.3 is 13.2 Å². The number of hydrogen-bond donors (Lipinski definition) is 0. The summed E-state index contributed by atoms with van der Waals surface area (Å²) < 4.78 is 16.3. The van der Waals surface area contributed by atoms with Gasteiger partial charge in [-0.2, -0.15) is 0 Å². The van der Waals surface area contributed by atoms with E-state index in [9.17, 15) is 0 Å². The van der Waals surface area contributed by atoms with Gasteiger partial charge in [-0.1, -0.05) is 11.6 Å². The molecule has 0 aliphatic heterocycles. The minimum atomic E-state index is -0.932. The summed E-state index contributed by atoms with van der Waals surface area (Å²) in [4.78, 5) is 1.01. The predicted octanol–water partition coefficient (Wildman–Crippen LogP) is 4.71. The molecule has 0 aliphatic carbocycles. The fourth-order valence-corrected chi connectivity index (χ4v) is 2.89. The van der Waals surface area contributed by atoms with Crippen molar-refractivity contribution in [3.63, 3.8) is 0 Å². The van der Waals surface area contributed by atoms with Crippen LogP contribution in [0.2, 0.25) is 5.02 Å². The summed E-state index contributed by atoms with van der Waals surface area (Å²) in [5.74, 6) is 0. The van der Waals surface area contributed by atoms with E-state index in [0.29, 0.717) is 19.6 Å². The Bertz CT molecular complexity index is 304. The summed E-state index contributed by atoms with van der Waals surface area (Å²) >= 11 is 7.10. The Labute approximate surface area is 113 Å². The van der Waals surface area contributed by atoms with Crippen LogP contribution in [0.4, 0.5) is 0 Å². The zero-order valence-corrected chi connectivity index (χ0v) is 12.4. The van der Waals surface area contributed by atoms with Gasteiger partial charge in [-0.3, -0.25) is 0 Å². The van der Waals surface area contributed by atoms with Gasteiger partial charge in [0.25, 0.3) is 0 Å². The van der Waals surface area contributed by atoms with Crippen LogP contribution in [0.5, 0.6) is 0 Å². The van der Waals surface area contributed by atoms with Gasteiger partial charge in [0.1, 0.15) is 6.35 Å². The van der Waals surface area contributed by atoms with Crippen molar-refractivity contribution in [3.8, 4) is 0 Å². The normalized spacial score (nSPS) is 11.1. The standard InChI is InChI=1S/C11H16ClO3PS/c1-3-13-16(14-4-2)9-15-17-11-7-5-10(12)6-8-11/h5-8H,3-4,9H2,1-2H3. The van der Waals surface area contributed by atoms with Crippen molar-refractivity contribution in [1.82, 2.24) is 0 Å². The van der Waals surface area contributed by atoms with Crippen LogP contribution in [0.1, 0.15) is 13.8 Å². The molecular formula is C11H16ClO3PS. The summed E-state index contributed by atoms with van der Waals surface area (Å²) in [5.41, 5.74) is 0. The average Bonchev–Trinajstić information content (AvgIpc) is 2.32. The average molecular weight is 295 g/mol. The monoisotopic (exact) mass is 294 g/mol. The molecule has 1 aromatic carbocycles. The van der Waals surface area contributed by atoms with E-state index in [4.69, 9.17) is 24.8 Å². The van der Waals surface area contributed by atoms with Gasteiger partial charge in [0, 0.05) is 22.0 Å². The van der Waals surface area contributed by atoms with Crippen molar-refractivity contribution < 1.29 is 13.2 Å². The molecule has 1 rings (SSSR count). The molecule has 0 saturated carbocycles. The van der Waals surface area contributed by atoms with Crippen molar-refractivity contribution in [2.45, 2.75) is 18.7 Å². The summed E-state index contributed by atoms with van der Waals surface area (Å²) in [6.45, 7) is 5.17. The molecule has 6 heteroatoms. The summed E-state index contributed by atoms with van der Waals surface area (Å²) in [5, 5.41) is 0.722. The van der Waals surface area contributed by atoms with Crippen LogP contribution in [0.3, 0.4) is 0 Å². The highest BCUT2D eigenvalue weighted by Gasteiger charge is 2.09. The maximum Gasteiger partial charge on any atom is 0.199 e. The molecule has 1 aromatic rings. The Hall–Kier alpha value is 0.170. The Morgan fingerprint density at radius 1 is 1.12 bits per heavy atom. The first-order chi connectivity index (χ1) is 8.26. The molecule has 0 fully saturated rings. The third kappa shape index (κ3) is 6.61. The van der Waals surface area contributed by atoms with E-state index in [-0.39, 0.29) is 0 Å². The third-order valence-corrected chi connectivity index (χ3v) is 4.23. The molecule has 0 radical (unpaired) electrons. The highest BCUT2D eigenvalue weighted by Crippen LogP contribution is 2.39. The van der Waals surface area contributed by atoms with Crippen LogP contribution in [0, 0.1) is 0 Å². The molecule has 0 saturated heterocycles. The molecule has 17 heavy (non-hydrogen) atoms. The largest absolute Gasteiger partial charge is 0.333 e. The van der Waals surface area contributed by atoms with E-state index in [2.05, 4.69) is 0 Å². The quantitative estimate of drug-likeness (QED) is 0.513. The maximum absolute atomic E-state index is 5.79. The lowest BCUT2D eigenvalue weighted by Gasteiger charge is -2.14. The maximum atomic E-state index is 5.79. The van der Waals surface area contributed by atoms with E-state index < -0.39 is 8.38 Å². The van der Waals surface area contributed by atoms with Crippen molar-refractivity contribution >= 4 is 32.0 Å². The molecular weight excluding hydrogens is 279 g/mol. The lowest BCUT2D eigenvalue weighted by Crippen LogP contribution is -1.95. The minimum absolute atomic E-state index is 0.463. The SMILES string of the molecule is CCOP(COSc1ccc(Cl)cc1)OCC. The van der Waals surface area contributed by atoms with Crippen LogP contribution >= 0.6 is 32.0 Å². The molecule has 0 bridgehead atoms. The smallest absolute Gasteiger partial charge is 0.199 e. The molecule has 3 nitrogen and oxygen atoms in total. The predicted molar refractivity (Wildman–Crippen MR) is 73.4 cm³/mol. The van der Waals surface area contributed by atoms with Gasteiger partial charge in [0.15, 0.2) is 8.38 Å². The number of rotatable bonds is 8. The number of halogens is 1.